The fourth-order valence-corrected chi connectivity index (χ4v) is 4.29. The third-order valence-corrected chi connectivity index (χ3v) is 6.07. The average molecular weight is 425 g/mol. The number of hydrogen-bond acceptors (Lipinski definition) is 3. The van der Waals surface area contributed by atoms with Crippen LogP contribution in [0.2, 0.25) is 0 Å². The van der Waals surface area contributed by atoms with Gasteiger partial charge in [-0.3, -0.25) is 19.6 Å². The zero-order valence-electron chi connectivity index (χ0n) is 17.8. The fraction of sp³-hybridized carbons (Fsp3) is 0.192. The summed E-state index contributed by atoms with van der Waals surface area (Å²) in [5.41, 5.74) is 2.44. The van der Waals surface area contributed by atoms with Gasteiger partial charge in [-0.15, -0.1) is 0 Å². The first-order valence-corrected chi connectivity index (χ1v) is 10.8. The molecule has 4 aromatic rings. The largest absolute Gasteiger partial charge is 0.349 e. The summed E-state index contributed by atoms with van der Waals surface area (Å²) in [6.45, 7) is 1.54. The summed E-state index contributed by atoms with van der Waals surface area (Å²) in [7, 11) is 0. The van der Waals surface area contributed by atoms with Gasteiger partial charge in [-0.25, -0.2) is 0 Å². The Morgan fingerprint density at radius 2 is 1.66 bits per heavy atom. The Kier molecular flexibility index (Phi) is 5.19. The number of aromatic amines is 1. The lowest BCUT2D eigenvalue weighted by atomic mass is 9.78. The molecule has 2 N–H and O–H groups in total. The number of fused-ring (bicyclic) bond motifs is 1. The molecule has 1 saturated carbocycles. The van der Waals surface area contributed by atoms with Gasteiger partial charge in [0.1, 0.15) is 0 Å². The van der Waals surface area contributed by atoms with E-state index in [9.17, 15) is 9.59 Å². The van der Waals surface area contributed by atoms with Crippen molar-refractivity contribution in [2.75, 3.05) is 4.90 Å². The Hall–Kier alpha value is -3.93. The van der Waals surface area contributed by atoms with Crippen molar-refractivity contribution < 1.29 is 9.59 Å². The standard InChI is InChI=1S/C26H24N4O2/c1-17(31)30(23-12-11-18-7-5-6-10-20(18)15-23)25-16-24(28-29-25)21-13-22(14-21)27-26(32)19-8-3-2-4-9-19/h2-12,15-16,21-22H,13-14H2,1H3,(H,27,32)(H,28,29). The highest BCUT2D eigenvalue weighted by Gasteiger charge is 2.33. The van der Waals surface area contributed by atoms with Gasteiger partial charge in [-0.2, -0.15) is 5.10 Å². The number of nitrogens with zero attached hydrogens (tertiary/aromatic N) is 2. The van der Waals surface area contributed by atoms with Crippen LogP contribution in [0.25, 0.3) is 10.8 Å². The number of carbonyl (C=O) groups is 2. The van der Waals surface area contributed by atoms with Crippen molar-refractivity contribution in [3.8, 4) is 0 Å². The predicted octanol–water partition coefficient (Wildman–Crippen LogP) is 4.92. The number of benzene rings is 3. The molecule has 0 saturated heterocycles. The van der Waals surface area contributed by atoms with Gasteiger partial charge in [-0.05, 0) is 47.9 Å². The molecule has 0 radical (unpaired) electrons. The number of rotatable bonds is 5. The Balaban J connectivity index is 1.28. The number of amides is 2. The molecule has 6 heteroatoms. The van der Waals surface area contributed by atoms with Crippen molar-refractivity contribution in [2.45, 2.75) is 31.7 Å². The van der Waals surface area contributed by atoms with E-state index in [4.69, 9.17) is 0 Å². The van der Waals surface area contributed by atoms with Gasteiger partial charge in [-0.1, -0.05) is 48.5 Å². The van der Waals surface area contributed by atoms with Gasteiger partial charge in [0.05, 0.1) is 5.69 Å². The molecule has 32 heavy (non-hydrogen) atoms. The van der Waals surface area contributed by atoms with E-state index in [-0.39, 0.29) is 23.8 Å². The third kappa shape index (κ3) is 3.87. The Labute approximate surface area is 186 Å². The molecule has 160 valence electrons. The lowest BCUT2D eigenvalue weighted by molar-refractivity contribution is -0.115. The van der Waals surface area contributed by atoms with Crippen molar-refractivity contribution in [1.29, 1.82) is 0 Å². The first kappa shape index (κ1) is 20.0. The summed E-state index contributed by atoms with van der Waals surface area (Å²) < 4.78 is 0. The molecule has 1 aliphatic rings. The topological polar surface area (TPSA) is 78.1 Å². The van der Waals surface area contributed by atoms with Gasteiger partial charge >= 0.3 is 0 Å². The smallest absolute Gasteiger partial charge is 0.251 e. The molecule has 6 nitrogen and oxygen atoms in total. The van der Waals surface area contributed by atoms with Crippen LogP contribution in [-0.2, 0) is 4.79 Å². The van der Waals surface area contributed by atoms with Gasteiger partial charge < -0.3 is 5.32 Å². The highest BCUT2D eigenvalue weighted by Crippen LogP contribution is 2.38. The second-order valence-electron chi connectivity index (χ2n) is 8.27. The summed E-state index contributed by atoms with van der Waals surface area (Å²) in [6, 6.07) is 25.4. The summed E-state index contributed by atoms with van der Waals surface area (Å²) in [5, 5.41) is 12.8. The van der Waals surface area contributed by atoms with Gasteiger partial charge in [0.15, 0.2) is 5.82 Å². The first-order valence-electron chi connectivity index (χ1n) is 10.8. The van der Waals surface area contributed by atoms with E-state index in [1.807, 2.05) is 78.9 Å². The van der Waals surface area contributed by atoms with E-state index < -0.39 is 0 Å². The molecule has 1 heterocycles. The van der Waals surface area contributed by atoms with E-state index in [1.54, 1.807) is 11.8 Å². The molecular weight excluding hydrogens is 400 g/mol. The number of carbonyl (C=O) groups excluding carboxylic acids is 2. The minimum atomic E-state index is -0.0973. The van der Waals surface area contributed by atoms with Gasteiger partial charge in [0.2, 0.25) is 5.91 Å². The van der Waals surface area contributed by atoms with Crippen LogP contribution in [-0.4, -0.2) is 28.1 Å². The number of anilines is 2. The van der Waals surface area contributed by atoms with Gasteiger partial charge in [0.25, 0.3) is 5.91 Å². The average Bonchev–Trinajstić information content (AvgIpc) is 3.25. The highest BCUT2D eigenvalue weighted by molar-refractivity contribution is 6.00. The molecule has 0 unspecified atom stereocenters. The summed E-state index contributed by atoms with van der Waals surface area (Å²) in [4.78, 5) is 26.4. The van der Waals surface area contributed by atoms with Gasteiger partial charge in [0, 0.05) is 36.2 Å². The molecule has 1 aliphatic carbocycles. The van der Waals surface area contributed by atoms with Crippen LogP contribution in [0.4, 0.5) is 11.5 Å². The lowest BCUT2D eigenvalue weighted by Crippen LogP contribution is -2.43. The van der Waals surface area contributed by atoms with Crippen LogP contribution in [0.5, 0.6) is 0 Å². The fourth-order valence-electron chi connectivity index (χ4n) is 4.29. The first-order chi connectivity index (χ1) is 15.6. The zero-order chi connectivity index (χ0) is 22.1. The minimum Gasteiger partial charge on any atom is -0.349 e. The zero-order valence-corrected chi connectivity index (χ0v) is 17.8. The highest BCUT2D eigenvalue weighted by atomic mass is 16.2. The Morgan fingerprint density at radius 3 is 2.41 bits per heavy atom. The third-order valence-electron chi connectivity index (χ3n) is 6.07. The molecule has 1 aromatic heterocycles. The maximum atomic E-state index is 12.5. The number of aromatic nitrogens is 2. The predicted molar refractivity (Wildman–Crippen MR) is 125 cm³/mol. The van der Waals surface area contributed by atoms with Crippen molar-refractivity contribution in [3.63, 3.8) is 0 Å². The SMILES string of the molecule is CC(=O)N(c1ccc2ccccc2c1)c1cc(C2CC(NC(=O)c3ccccc3)C2)[nH]n1. The number of nitrogens with one attached hydrogen (secondary N) is 2. The normalized spacial score (nSPS) is 17.5. The van der Waals surface area contributed by atoms with E-state index in [1.165, 1.54) is 0 Å². The summed E-state index contributed by atoms with van der Waals surface area (Å²) in [6.07, 6.45) is 1.69. The van der Waals surface area contributed by atoms with Crippen LogP contribution < -0.4 is 10.2 Å². The molecule has 0 spiro atoms. The molecule has 5 rings (SSSR count). The molecule has 0 atom stereocenters. The molecule has 0 aliphatic heterocycles. The molecule has 3 aromatic carbocycles. The van der Waals surface area contributed by atoms with Crippen molar-refractivity contribution in [1.82, 2.24) is 15.5 Å². The van der Waals surface area contributed by atoms with E-state index in [0.29, 0.717) is 11.4 Å². The molecular formula is C26H24N4O2. The molecule has 2 amide bonds. The number of H-pyrrole nitrogens is 1. The summed E-state index contributed by atoms with van der Waals surface area (Å²) >= 11 is 0. The molecule has 0 bridgehead atoms. The van der Waals surface area contributed by atoms with E-state index in [0.717, 1.165) is 35.0 Å². The number of hydrogen-bond donors (Lipinski definition) is 2. The second kappa shape index (κ2) is 8.30. The maximum Gasteiger partial charge on any atom is 0.251 e. The quantitative estimate of drug-likeness (QED) is 0.477. The maximum absolute atomic E-state index is 12.5. The van der Waals surface area contributed by atoms with Crippen molar-refractivity contribution in [2.24, 2.45) is 0 Å². The van der Waals surface area contributed by atoms with Crippen molar-refractivity contribution >= 4 is 34.1 Å². The Bertz CT molecular complexity index is 1280. The monoisotopic (exact) mass is 424 g/mol. The molecule has 1 fully saturated rings. The van der Waals surface area contributed by atoms with Crippen LogP contribution in [0.3, 0.4) is 0 Å². The minimum absolute atomic E-state index is 0.0431. The van der Waals surface area contributed by atoms with E-state index in [2.05, 4.69) is 15.5 Å². The van der Waals surface area contributed by atoms with Crippen LogP contribution in [0.15, 0.2) is 78.9 Å². The van der Waals surface area contributed by atoms with E-state index >= 15 is 0 Å². The van der Waals surface area contributed by atoms with Crippen LogP contribution >= 0.6 is 0 Å². The lowest BCUT2D eigenvalue weighted by Gasteiger charge is -2.35. The summed E-state index contributed by atoms with van der Waals surface area (Å²) in [5.74, 6) is 0.723. The van der Waals surface area contributed by atoms with Crippen LogP contribution in [0, 0.1) is 0 Å². The van der Waals surface area contributed by atoms with Crippen molar-refractivity contribution in [3.05, 3.63) is 90.1 Å². The Morgan fingerprint density at radius 1 is 0.938 bits per heavy atom. The van der Waals surface area contributed by atoms with Crippen LogP contribution in [0.1, 0.15) is 41.7 Å². The second-order valence-corrected chi connectivity index (χ2v) is 8.27.